The van der Waals surface area contributed by atoms with Crippen molar-refractivity contribution in [3.05, 3.63) is 35.9 Å². The van der Waals surface area contributed by atoms with Gasteiger partial charge in [0.2, 0.25) is 11.8 Å². The molecular weight excluding hydrogens is 312 g/mol. The highest BCUT2D eigenvalue weighted by Crippen LogP contribution is 2.11. The highest BCUT2D eigenvalue weighted by molar-refractivity contribution is 5.91. The smallest absolute Gasteiger partial charge is 0.250 e. The lowest BCUT2D eigenvalue weighted by molar-refractivity contribution is -0.133. The monoisotopic (exact) mass is 336 g/mol. The summed E-state index contributed by atoms with van der Waals surface area (Å²) in [7, 11) is 0. The van der Waals surface area contributed by atoms with Gasteiger partial charge in [0, 0.05) is 6.04 Å². The molecule has 0 heterocycles. The van der Waals surface area contributed by atoms with Gasteiger partial charge in [0.25, 0.3) is 5.91 Å². The molecular formula is C16H24N4O4. The third kappa shape index (κ3) is 5.98. The average Bonchev–Trinajstić information content (AvgIpc) is 2.57. The molecule has 132 valence electrons. The number of aliphatic hydroxyl groups is 1. The zero-order valence-corrected chi connectivity index (χ0v) is 13.6. The molecule has 0 aliphatic carbocycles. The van der Waals surface area contributed by atoms with Crippen molar-refractivity contribution in [3.8, 4) is 0 Å². The van der Waals surface area contributed by atoms with Gasteiger partial charge in [-0.2, -0.15) is 0 Å². The van der Waals surface area contributed by atoms with Gasteiger partial charge in [0.05, 0.1) is 6.54 Å². The first-order chi connectivity index (χ1) is 11.4. The predicted molar refractivity (Wildman–Crippen MR) is 88.4 cm³/mol. The van der Waals surface area contributed by atoms with Gasteiger partial charge in [0.15, 0.2) is 0 Å². The second kappa shape index (κ2) is 9.64. The first-order valence-electron chi connectivity index (χ1n) is 7.71. The quantitative estimate of drug-likeness (QED) is 0.390. The van der Waals surface area contributed by atoms with Gasteiger partial charge in [-0.3, -0.25) is 14.4 Å². The Morgan fingerprint density at radius 2 is 1.83 bits per heavy atom. The zero-order chi connectivity index (χ0) is 18.1. The fourth-order valence-electron chi connectivity index (χ4n) is 2.13. The van der Waals surface area contributed by atoms with Crippen molar-refractivity contribution in [2.75, 3.05) is 6.54 Å². The molecule has 0 aliphatic rings. The predicted octanol–water partition coefficient (Wildman–Crippen LogP) is -1.07. The summed E-state index contributed by atoms with van der Waals surface area (Å²) in [6.45, 7) is 1.48. The minimum absolute atomic E-state index is 0.397. The number of rotatable bonds is 9. The van der Waals surface area contributed by atoms with Crippen molar-refractivity contribution in [2.24, 2.45) is 11.5 Å². The largest absolute Gasteiger partial charge is 0.382 e. The van der Waals surface area contributed by atoms with Crippen LogP contribution in [0, 0.1) is 0 Å². The Labute approximate surface area is 140 Å². The summed E-state index contributed by atoms with van der Waals surface area (Å²) in [6, 6.07) is 6.81. The Bertz CT molecular complexity index is 564. The summed E-state index contributed by atoms with van der Waals surface area (Å²) in [5.74, 6) is -2.06. The molecule has 3 atom stereocenters. The lowest BCUT2D eigenvalue weighted by atomic mass is 10.1. The molecule has 0 aromatic heterocycles. The molecule has 7 N–H and O–H groups in total. The van der Waals surface area contributed by atoms with E-state index in [4.69, 9.17) is 11.5 Å². The molecule has 0 saturated carbocycles. The molecule has 3 amide bonds. The molecule has 1 rings (SSSR count). The fraction of sp³-hybridized carbons (Fsp3) is 0.438. The molecule has 1 aromatic rings. The van der Waals surface area contributed by atoms with Crippen molar-refractivity contribution in [2.45, 2.75) is 38.0 Å². The van der Waals surface area contributed by atoms with Crippen molar-refractivity contribution in [1.82, 2.24) is 10.6 Å². The molecule has 0 saturated heterocycles. The summed E-state index contributed by atoms with van der Waals surface area (Å²) in [5.41, 5.74) is 11.5. The average molecular weight is 336 g/mol. The first-order valence-corrected chi connectivity index (χ1v) is 7.71. The van der Waals surface area contributed by atoms with E-state index < -0.39 is 42.5 Å². The van der Waals surface area contributed by atoms with Crippen LogP contribution in [0.4, 0.5) is 0 Å². The van der Waals surface area contributed by atoms with Crippen LogP contribution in [-0.4, -0.2) is 41.5 Å². The number of aliphatic hydroxyl groups excluding tert-OH is 1. The third-order valence-corrected chi connectivity index (χ3v) is 3.44. The van der Waals surface area contributed by atoms with Crippen LogP contribution in [0.15, 0.2) is 30.3 Å². The molecule has 0 radical (unpaired) electrons. The van der Waals surface area contributed by atoms with Gasteiger partial charge in [0.1, 0.15) is 12.1 Å². The van der Waals surface area contributed by atoms with Crippen LogP contribution in [0.25, 0.3) is 0 Å². The molecule has 0 fully saturated rings. The van der Waals surface area contributed by atoms with E-state index in [1.165, 1.54) is 0 Å². The van der Waals surface area contributed by atoms with E-state index in [1.807, 2.05) is 6.92 Å². The SMILES string of the molecule is CCCC(N)C(O)C(=O)NCC(=O)NC(C(N)=O)c1ccccc1. The van der Waals surface area contributed by atoms with Crippen molar-refractivity contribution in [3.63, 3.8) is 0 Å². The number of nitrogens with one attached hydrogen (secondary N) is 2. The minimum Gasteiger partial charge on any atom is -0.382 e. The van der Waals surface area contributed by atoms with E-state index in [-0.39, 0.29) is 0 Å². The maximum atomic E-state index is 11.9. The van der Waals surface area contributed by atoms with Gasteiger partial charge in [-0.05, 0) is 12.0 Å². The number of carbonyl (C=O) groups is 3. The fourth-order valence-corrected chi connectivity index (χ4v) is 2.13. The van der Waals surface area contributed by atoms with Crippen LogP contribution in [0.3, 0.4) is 0 Å². The highest BCUT2D eigenvalue weighted by Gasteiger charge is 2.24. The van der Waals surface area contributed by atoms with E-state index in [0.29, 0.717) is 12.0 Å². The zero-order valence-electron chi connectivity index (χ0n) is 13.6. The second-order valence-corrected chi connectivity index (χ2v) is 5.43. The van der Waals surface area contributed by atoms with Gasteiger partial charge >= 0.3 is 0 Å². The Hall–Kier alpha value is -2.45. The van der Waals surface area contributed by atoms with Crippen LogP contribution in [0.5, 0.6) is 0 Å². The van der Waals surface area contributed by atoms with E-state index in [2.05, 4.69) is 10.6 Å². The summed E-state index contributed by atoms with van der Waals surface area (Å²) in [5, 5.41) is 14.5. The number of primary amides is 1. The molecule has 8 nitrogen and oxygen atoms in total. The Morgan fingerprint density at radius 3 is 2.38 bits per heavy atom. The van der Waals surface area contributed by atoms with Crippen LogP contribution < -0.4 is 22.1 Å². The maximum absolute atomic E-state index is 11.9. The van der Waals surface area contributed by atoms with Gasteiger partial charge in [-0.15, -0.1) is 0 Å². The minimum atomic E-state index is -1.39. The number of carbonyl (C=O) groups excluding carboxylic acids is 3. The van der Waals surface area contributed by atoms with Crippen molar-refractivity contribution in [1.29, 1.82) is 0 Å². The second-order valence-electron chi connectivity index (χ2n) is 5.43. The van der Waals surface area contributed by atoms with Gasteiger partial charge < -0.3 is 27.2 Å². The molecule has 8 heteroatoms. The Kier molecular flexibility index (Phi) is 7.87. The topological polar surface area (TPSA) is 148 Å². The van der Waals surface area contributed by atoms with E-state index in [1.54, 1.807) is 30.3 Å². The maximum Gasteiger partial charge on any atom is 0.250 e. The molecule has 24 heavy (non-hydrogen) atoms. The number of hydrogen-bond acceptors (Lipinski definition) is 5. The standard InChI is InChI=1S/C16H24N4O4/c1-2-6-11(17)14(22)16(24)19-9-12(21)20-13(15(18)23)10-7-4-3-5-8-10/h3-5,7-8,11,13-14,22H,2,6,9,17H2,1H3,(H2,18,23)(H,19,24)(H,20,21). The first kappa shape index (κ1) is 19.6. The van der Waals surface area contributed by atoms with Crippen molar-refractivity contribution < 1.29 is 19.5 Å². The number of amides is 3. The van der Waals surface area contributed by atoms with Crippen molar-refractivity contribution >= 4 is 17.7 Å². The molecule has 0 spiro atoms. The van der Waals surface area contributed by atoms with Gasteiger partial charge in [-0.25, -0.2) is 0 Å². The number of nitrogens with two attached hydrogens (primary N) is 2. The van der Waals surface area contributed by atoms with Crippen LogP contribution in [-0.2, 0) is 14.4 Å². The van der Waals surface area contributed by atoms with Crippen LogP contribution in [0.2, 0.25) is 0 Å². The van der Waals surface area contributed by atoms with E-state index >= 15 is 0 Å². The Morgan fingerprint density at radius 1 is 1.21 bits per heavy atom. The molecule has 1 aromatic carbocycles. The summed E-state index contributed by atoms with van der Waals surface area (Å²) < 4.78 is 0. The van der Waals surface area contributed by atoms with E-state index in [9.17, 15) is 19.5 Å². The lowest BCUT2D eigenvalue weighted by Gasteiger charge is -2.19. The van der Waals surface area contributed by atoms with Crippen LogP contribution >= 0.6 is 0 Å². The lowest BCUT2D eigenvalue weighted by Crippen LogP contribution is -2.49. The number of benzene rings is 1. The molecule has 3 unspecified atom stereocenters. The van der Waals surface area contributed by atoms with E-state index in [0.717, 1.165) is 6.42 Å². The molecule has 0 aliphatic heterocycles. The third-order valence-electron chi connectivity index (χ3n) is 3.44. The Balaban J connectivity index is 2.55. The molecule has 0 bridgehead atoms. The number of hydrogen-bond donors (Lipinski definition) is 5. The van der Waals surface area contributed by atoms with Gasteiger partial charge in [-0.1, -0.05) is 43.7 Å². The summed E-state index contributed by atoms with van der Waals surface area (Å²) >= 11 is 0. The summed E-state index contributed by atoms with van der Waals surface area (Å²) in [6.07, 6.45) is -0.180. The normalized spacial score (nSPS) is 14.3. The van der Waals surface area contributed by atoms with Crippen LogP contribution in [0.1, 0.15) is 31.4 Å². The highest BCUT2D eigenvalue weighted by atomic mass is 16.3. The summed E-state index contributed by atoms with van der Waals surface area (Å²) in [4.78, 5) is 35.2.